The highest BCUT2D eigenvalue weighted by Crippen LogP contribution is 2.37. The Labute approximate surface area is 163 Å². The number of hydrazone groups is 1. The van der Waals surface area contributed by atoms with Crippen molar-refractivity contribution >= 4 is 29.4 Å². The number of benzene rings is 2. The van der Waals surface area contributed by atoms with Crippen molar-refractivity contribution in [3.05, 3.63) is 47.0 Å². The first-order chi connectivity index (χ1) is 13.0. The molecule has 144 valence electrons. The molecule has 1 amide bonds. The fourth-order valence-electron chi connectivity index (χ4n) is 2.30. The van der Waals surface area contributed by atoms with E-state index in [1.165, 1.54) is 27.5 Å². The third-order valence-corrected chi connectivity index (χ3v) is 3.95. The molecule has 0 aromatic heterocycles. The summed E-state index contributed by atoms with van der Waals surface area (Å²) in [4.78, 5) is 12.2. The lowest BCUT2D eigenvalue weighted by Crippen LogP contribution is -2.34. The van der Waals surface area contributed by atoms with E-state index in [2.05, 4.69) is 15.8 Å². The Bertz CT molecular complexity index is 784. The first-order valence-corrected chi connectivity index (χ1v) is 8.51. The molecular formula is C19H22ClN3O4. The highest BCUT2D eigenvalue weighted by atomic mass is 35.5. The summed E-state index contributed by atoms with van der Waals surface area (Å²) < 4.78 is 15.8. The zero-order valence-electron chi connectivity index (χ0n) is 15.6. The summed E-state index contributed by atoms with van der Waals surface area (Å²) in [5, 5.41) is 7.69. The van der Waals surface area contributed by atoms with Crippen LogP contribution in [0.3, 0.4) is 0 Å². The Balaban J connectivity index is 2.01. The van der Waals surface area contributed by atoms with E-state index in [9.17, 15) is 4.79 Å². The summed E-state index contributed by atoms with van der Waals surface area (Å²) in [5.41, 5.74) is 3.97. The molecule has 8 heteroatoms. The van der Waals surface area contributed by atoms with Gasteiger partial charge >= 0.3 is 0 Å². The van der Waals surface area contributed by atoms with Gasteiger partial charge < -0.3 is 19.5 Å². The van der Waals surface area contributed by atoms with Crippen LogP contribution in [0.15, 0.2) is 41.5 Å². The first kappa shape index (κ1) is 20.4. The zero-order chi connectivity index (χ0) is 19.8. The van der Waals surface area contributed by atoms with Crippen LogP contribution in [0.2, 0.25) is 5.02 Å². The number of halogens is 1. The number of hydrogen-bond acceptors (Lipinski definition) is 6. The largest absolute Gasteiger partial charge is 0.493 e. The van der Waals surface area contributed by atoms with Crippen molar-refractivity contribution in [1.29, 1.82) is 0 Å². The Kier molecular flexibility index (Phi) is 7.31. The number of hydrogen-bond donors (Lipinski definition) is 2. The molecule has 27 heavy (non-hydrogen) atoms. The molecule has 2 aromatic rings. The number of carbonyl (C=O) groups excluding carboxylic acids is 1. The normalized spacial score (nSPS) is 11.7. The number of ether oxygens (including phenoxy) is 3. The fourth-order valence-corrected chi connectivity index (χ4v) is 2.43. The number of methoxy groups -OCH3 is 3. The second-order valence-electron chi connectivity index (χ2n) is 5.57. The Morgan fingerprint density at radius 2 is 1.67 bits per heavy atom. The predicted octanol–water partition coefficient (Wildman–Crippen LogP) is 3.32. The van der Waals surface area contributed by atoms with Crippen LogP contribution >= 0.6 is 11.6 Å². The molecule has 0 aliphatic rings. The van der Waals surface area contributed by atoms with Gasteiger partial charge in [-0.25, -0.2) is 5.43 Å². The number of amides is 1. The van der Waals surface area contributed by atoms with Crippen molar-refractivity contribution in [3.63, 3.8) is 0 Å². The minimum atomic E-state index is -0.483. The van der Waals surface area contributed by atoms with Crippen molar-refractivity contribution in [2.24, 2.45) is 5.10 Å². The second kappa shape index (κ2) is 9.68. The SMILES string of the molecule is COc1cc(/C=N\NC(=O)[C@@H](C)Nc2ccc(Cl)cc2)cc(OC)c1OC. The van der Waals surface area contributed by atoms with Gasteiger partial charge in [0.15, 0.2) is 11.5 Å². The number of nitrogens with zero attached hydrogens (tertiary/aromatic N) is 1. The predicted molar refractivity (Wildman–Crippen MR) is 106 cm³/mol. The molecule has 0 aliphatic heterocycles. The quantitative estimate of drug-likeness (QED) is 0.533. The number of anilines is 1. The van der Waals surface area contributed by atoms with Crippen LogP contribution in [0, 0.1) is 0 Å². The van der Waals surface area contributed by atoms with Gasteiger partial charge in [0.25, 0.3) is 5.91 Å². The van der Waals surface area contributed by atoms with Crippen LogP contribution in [0.4, 0.5) is 5.69 Å². The molecule has 2 N–H and O–H groups in total. The van der Waals surface area contributed by atoms with Gasteiger partial charge in [0.1, 0.15) is 6.04 Å². The average molecular weight is 392 g/mol. The maximum absolute atomic E-state index is 12.2. The molecule has 0 bridgehead atoms. The van der Waals surface area contributed by atoms with E-state index in [0.29, 0.717) is 27.8 Å². The zero-order valence-corrected chi connectivity index (χ0v) is 16.3. The Hall–Kier alpha value is -2.93. The van der Waals surface area contributed by atoms with Gasteiger partial charge in [-0.3, -0.25) is 4.79 Å². The van der Waals surface area contributed by atoms with E-state index >= 15 is 0 Å². The van der Waals surface area contributed by atoms with Gasteiger partial charge in [0.2, 0.25) is 5.75 Å². The van der Waals surface area contributed by atoms with Crippen molar-refractivity contribution < 1.29 is 19.0 Å². The molecule has 2 aromatic carbocycles. The van der Waals surface area contributed by atoms with Gasteiger partial charge in [-0.2, -0.15) is 5.10 Å². The topological polar surface area (TPSA) is 81.2 Å². The maximum Gasteiger partial charge on any atom is 0.262 e. The van der Waals surface area contributed by atoms with Crippen LogP contribution in [-0.4, -0.2) is 39.5 Å². The third kappa shape index (κ3) is 5.52. The lowest BCUT2D eigenvalue weighted by Gasteiger charge is -2.14. The molecule has 0 radical (unpaired) electrons. The monoisotopic (exact) mass is 391 g/mol. The molecule has 2 rings (SSSR count). The molecule has 0 fully saturated rings. The van der Waals surface area contributed by atoms with Gasteiger partial charge in [-0.05, 0) is 43.3 Å². The van der Waals surface area contributed by atoms with E-state index in [1.807, 2.05) is 0 Å². The minimum Gasteiger partial charge on any atom is -0.493 e. The van der Waals surface area contributed by atoms with E-state index in [4.69, 9.17) is 25.8 Å². The lowest BCUT2D eigenvalue weighted by atomic mass is 10.2. The van der Waals surface area contributed by atoms with E-state index in [0.717, 1.165) is 5.69 Å². The van der Waals surface area contributed by atoms with Gasteiger partial charge in [0.05, 0.1) is 27.5 Å². The van der Waals surface area contributed by atoms with Crippen molar-refractivity contribution in [1.82, 2.24) is 5.43 Å². The molecule has 0 unspecified atom stereocenters. The average Bonchev–Trinajstić information content (AvgIpc) is 2.68. The van der Waals surface area contributed by atoms with Crippen LogP contribution in [0.1, 0.15) is 12.5 Å². The highest BCUT2D eigenvalue weighted by Gasteiger charge is 2.13. The summed E-state index contributed by atoms with van der Waals surface area (Å²) in [6.45, 7) is 1.74. The maximum atomic E-state index is 12.2. The van der Waals surface area contributed by atoms with Crippen LogP contribution in [-0.2, 0) is 4.79 Å². The molecule has 1 atom stereocenters. The standard InChI is InChI=1S/C19H22ClN3O4/c1-12(22-15-7-5-14(20)6-8-15)19(24)23-21-11-13-9-16(25-2)18(27-4)17(10-13)26-3/h5-12,22H,1-4H3,(H,23,24)/b21-11-/t12-/m1/s1. The third-order valence-electron chi connectivity index (χ3n) is 3.70. The van der Waals surface area contributed by atoms with Crippen molar-refractivity contribution in [2.45, 2.75) is 13.0 Å². The Morgan fingerprint density at radius 3 is 2.19 bits per heavy atom. The van der Waals surface area contributed by atoms with Crippen LogP contribution < -0.4 is 25.0 Å². The number of rotatable bonds is 8. The van der Waals surface area contributed by atoms with E-state index in [-0.39, 0.29) is 5.91 Å². The van der Waals surface area contributed by atoms with Gasteiger partial charge in [-0.1, -0.05) is 11.6 Å². The van der Waals surface area contributed by atoms with Gasteiger partial charge in [-0.15, -0.1) is 0 Å². The summed E-state index contributed by atoms with van der Waals surface area (Å²) >= 11 is 5.85. The van der Waals surface area contributed by atoms with Crippen LogP contribution in [0.5, 0.6) is 17.2 Å². The number of nitrogens with one attached hydrogen (secondary N) is 2. The van der Waals surface area contributed by atoms with Crippen molar-refractivity contribution in [2.75, 3.05) is 26.6 Å². The summed E-state index contributed by atoms with van der Waals surface area (Å²) in [6, 6.07) is 10.1. The fraction of sp³-hybridized carbons (Fsp3) is 0.263. The van der Waals surface area contributed by atoms with Gasteiger partial charge in [0, 0.05) is 16.3 Å². The second-order valence-corrected chi connectivity index (χ2v) is 6.00. The summed E-state index contributed by atoms with van der Waals surface area (Å²) in [7, 11) is 4.59. The number of carbonyl (C=O) groups is 1. The molecule has 0 aliphatic carbocycles. The smallest absolute Gasteiger partial charge is 0.262 e. The highest BCUT2D eigenvalue weighted by molar-refractivity contribution is 6.30. The minimum absolute atomic E-state index is 0.284. The van der Waals surface area contributed by atoms with Crippen LogP contribution in [0.25, 0.3) is 0 Å². The molecule has 0 saturated heterocycles. The van der Waals surface area contributed by atoms with E-state index < -0.39 is 6.04 Å². The Morgan fingerprint density at radius 1 is 1.07 bits per heavy atom. The molecule has 0 saturated carbocycles. The first-order valence-electron chi connectivity index (χ1n) is 8.13. The summed E-state index contributed by atoms with van der Waals surface area (Å²) in [6.07, 6.45) is 1.50. The molecular weight excluding hydrogens is 370 g/mol. The molecule has 0 heterocycles. The van der Waals surface area contributed by atoms with E-state index in [1.54, 1.807) is 43.3 Å². The lowest BCUT2D eigenvalue weighted by molar-refractivity contribution is -0.121. The van der Waals surface area contributed by atoms with Crippen molar-refractivity contribution in [3.8, 4) is 17.2 Å². The summed E-state index contributed by atoms with van der Waals surface area (Å²) in [5.74, 6) is 1.21. The molecule has 7 nitrogen and oxygen atoms in total. The molecule has 0 spiro atoms.